The number of hydrogen-bond donors (Lipinski definition) is 2. The molecule has 0 aliphatic carbocycles. The van der Waals surface area contributed by atoms with Crippen LogP contribution in [-0.4, -0.2) is 6.61 Å². The highest BCUT2D eigenvalue weighted by atomic mass is 16.5. The Bertz CT molecular complexity index is 552. The van der Waals surface area contributed by atoms with Crippen molar-refractivity contribution in [1.82, 2.24) is 0 Å². The summed E-state index contributed by atoms with van der Waals surface area (Å²) in [7, 11) is 0. The zero-order valence-electron chi connectivity index (χ0n) is 11.4. The third-order valence-corrected chi connectivity index (χ3v) is 2.71. The Morgan fingerprint density at radius 2 is 1.95 bits per heavy atom. The number of benzene rings is 2. The largest absolute Gasteiger partial charge is 0.493 e. The fraction of sp³-hybridized carbons (Fsp3) is 0.250. The Labute approximate surface area is 114 Å². The first-order valence-corrected chi connectivity index (χ1v) is 6.54. The molecule has 0 bridgehead atoms. The molecule has 2 aromatic rings. The fourth-order valence-electron chi connectivity index (χ4n) is 1.89. The van der Waals surface area contributed by atoms with E-state index in [1.165, 1.54) is 5.56 Å². The minimum absolute atomic E-state index is 0.698. The van der Waals surface area contributed by atoms with Gasteiger partial charge in [0.25, 0.3) is 0 Å². The average Bonchev–Trinajstić information content (AvgIpc) is 2.35. The summed E-state index contributed by atoms with van der Waals surface area (Å²) >= 11 is 0. The summed E-state index contributed by atoms with van der Waals surface area (Å²) in [6, 6.07) is 13.9. The molecule has 0 heterocycles. The maximum Gasteiger partial charge on any atom is 0.123 e. The third-order valence-electron chi connectivity index (χ3n) is 2.71. The Morgan fingerprint density at radius 1 is 1.11 bits per heavy atom. The molecule has 3 heteroatoms. The minimum atomic E-state index is 0.698. The van der Waals surface area contributed by atoms with Gasteiger partial charge in [0.1, 0.15) is 5.75 Å². The number of hydrogen-bond acceptors (Lipinski definition) is 3. The van der Waals surface area contributed by atoms with Gasteiger partial charge >= 0.3 is 0 Å². The Balaban J connectivity index is 2.17. The maximum atomic E-state index is 5.89. The second-order valence-electron chi connectivity index (χ2n) is 4.63. The lowest BCUT2D eigenvalue weighted by atomic mass is 10.2. The summed E-state index contributed by atoms with van der Waals surface area (Å²) in [6.45, 7) is 4.85. The van der Waals surface area contributed by atoms with E-state index < -0.39 is 0 Å². The lowest BCUT2D eigenvalue weighted by molar-refractivity contribution is 0.318. The first-order chi connectivity index (χ1) is 9.17. The second kappa shape index (κ2) is 6.14. The Kier molecular flexibility index (Phi) is 4.29. The molecule has 0 aliphatic heterocycles. The lowest BCUT2D eigenvalue weighted by Gasteiger charge is -2.11. The molecular weight excluding hydrogens is 236 g/mol. The molecule has 19 heavy (non-hydrogen) atoms. The minimum Gasteiger partial charge on any atom is -0.493 e. The molecule has 0 unspecified atom stereocenters. The molecule has 0 radical (unpaired) electrons. The van der Waals surface area contributed by atoms with Crippen LogP contribution < -0.4 is 15.8 Å². The van der Waals surface area contributed by atoms with E-state index in [1.807, 2.05) is 30.3 Å². The summed E-state index contributed by atoms with van der Waals surface area (Å²) in [5.74, 6) is 0.803. The quantitative estimate of drug-likeness (QED) is 0.791. The van der Waals surface area contributed by atoms with Crippen molar-refractivity contribution in [3.63, 3.8) is 0 Å². The van der Waals surface area contributed by atoms with Gasteiger partial charge in [0.15, 0.2) is 0 Å². The fourth-order valence-corrected chi connectivity index (χ4v) is 1.89. The van der Waals surface area contributed by atoms with Crippen molar-refractivity contribution < 1.29 is 4.74 Å². The molecule has 3 N–H and O–H groups in total. The van der Waals surface area contributed by atoms with Crippen molar-refractivity contribution in [1.29, 1.82) is 0 Å². The third kappa shape index (κ3) is 3.91. The molecule has 0 saturated heterocycles. The van der Waals surface area contributed by atoms with E-state index in [4.69, 9.17) is 10.5 Å². The van der Waals surface area contributed by atoms with Gasteiger partial charge in [-0.05, 0) is 37.1 Å². The first kappa shape index (κ1) is 13.3. The Hall–Kier alpha value is -2.16. The van der Waals surface area contributed by atoms with E-state index in [9.17, 15) is 0 Å². The molecular formula is C16H20N2O. The van der Waals surface area contributed by atoms with Gasteiger partial charge < -0.3 is 15.8 Å². The summed E-state index contributed by atoms with van der Waals surface area (Å²) in [4.78, 5) is 0. The van der Waals surface area contributed by atoms with Crippen LogP contribution in [0.4, 0.5) is 17.1 Å². The van der Waals surface area contributed by atoms with Crippen LogP contribution in [0.3, 0.4) is 0 Å². The zero-order valence-corrected chi connectivity index (χ0v) is 11.4. The van der Waals surface area contributed by atoms with Crippen LogP contribution in [0.5, 0.6) is 5.75 Å². The van der Waals surface area contributed by atoms with Crippen molar-refractivity contribution in [2.45, 2.75) is 20.3 Å². The van der Waals surface area contributed by atoms with E-state index in [-0.39, 0.29) is 0 Å². The van der Waals surface area contributed by atoms with Crippen LogP contribution in [0.2, 0.25) is 0 Å². The number of rotatable bonds is 5. The molecule has 0 spiro atoms. The Morgan fingerprint density at radius 3 is 2.68 bits per heavy atom. The normalized spacial score (nSPS) is 10.2. The topological polar surface area (TPSA) is 47.3 Å². The van der Waals surface area contributed by atoms with Crippen molar-refractivity contribution in [3.05, 3.63) is 48.0 Å². The average molecular weight is 256 g/mol. The number of anilines is 3. The van der Waals surface area contributed by atoms with Crippen LogP contribution in [0.25, 0.3) is 0 Å². The SMILES string of the molecule is CCCOc1cc(N)cc(Nc2cccc(C)c2)c1. The molecule has 0 saturated carbocycles. The number of aryl methyl sites for hydroxylation is 1. The summed E-state index contributed by atoms with van der Waals surface area (Å²) in [5.41, 5.74) is 9.80. The molecule has 0 atom stereocenters. The molecule has 2 rings (SSSR count). The number of ether oxygens (including phenoxy) is 1. The summed E-state index contributed by atoms with van der Waals surface area (Å²) in [5, 5.41) is 3.34. The smallest absolute Gasteiger partial charge is 0.123 e. The van der Waals surface area contributed by atoms with Gasteiger partial charge in [-0.25, -0.2) is 0 Å². The molecule has 2 aromatic carbocycles. The highest BCUT2D eigenvalue weighted by Crippen LogP contribution is 2.25. The highest BCUT2D eigenvalue weighted by Gasteiger charge is 2.01. The molecule has 0 amide bonds. The monoisotopic (exact) mass is 256 g/mol. The number of nitrogens with one attached hydrogen (secondary N) is 1. The van der Waals surface area contributed by atoms with Gasteiger partial charge in [-0.2, -0.15) is 0 Å². The van der Waals surface area contributed by atoms with Crippen molar-refractivity contribution >= 4 is 17.1 Å². The number of nitrogen functional groups attached to an aromatic ring is 1. The van der Waals surface area contributed by atoms with Crippen LogP contribution in [0, 0.1) is 6.92 Å². The van der Waals surface area contributed by atoms with Gasteiger partial charge in [0.2, 0.25) is 0 Å². The van der Waals surface area contributed by atoms with E-state index in [1.54, 1.807) is 0 Å². The molecule has 0 aliphatic rings. The van der Waals surface area contributed by atoms with E-state index in [0.717, 1.165) is 23.5 Å². The highest BCUT2D eigenvalue weighted by molar-refractivity contribution is 5.66. The molecule has 0 aromatic heterocycles. The maximum absolute atomic E-state index is 5.89. The molecule has 100 valence electrons. The standard InChI is InChI=1S/C16H20N2O/c1-3-7-19-16-10-13(17)9-15(11-16)18-14-6-4-5-12(2)8-14/h4-6,8-11,18H,3,7,17H2,1-2H3. The predicted octanol–water partition coefficient (Wildman–Crippen LogP) is 4.11. The van der Waals surface area contributed by atoms with Gasteiger partial charge in [0.05, 0.1) is 6.61 Å². The first-order valence-electron chi connectivity index (χ1n) is 6.54. The zero-order chi connectivity index (χ0) is 13.7. The van der Waals surface area contributed by atoms with E-state index >= 15 is 0 Å². The van der Waals surface area contributed by atoms with E-state index in [2.05, 4.69) is 31.3 Å². The van der Waals surface area contributed by atoms with Gasteiger partial charge in [-0.3, -0.25) is 0 Å². The van der Waals surface area contributed by atoms with Gasteiger partial charge in [0, 0.05) is 29.2 Å². The van der Waals surface area contributed by atoms with Gasteiger partial charge in [-0.15, -0.1) is 0 Å². The summed E-state index contributed by atoms with van der Waals surface area (Å²) in [6.07, 6.45) is 0.982. The van der Waals surface area contributed by atoms with E-state index in [0.29, 0.717) is 12.3 Å². The van der Waals surface area contributed by atoms with Crippen molar-refractivity contribution in [3.8, 4) is 5.75 Å². The van der Waals surface area contributed by atoms with Crippen LogP contribution in [0.1, 0.15) is 18.9 Å². The summed E-state index contributed by atoms with van der Waals surface area (Å²) < 4.78 is 5.62. The van der Waals surface area contributed by atoms with Crippen LogP contribution in [0.15, 0.2) is 42.5 Å². The molecule has 3 nitrogen and oxygen atoms in total. The van der Waals surface area contributed by atoms with Crippen LogP contribution >= 0.6 is 0 Å². The molecule has 0 fully saturated rings. The van der Waals surface area contributed by atoms with Crippen LogP contribution in [-0.2, 0) is 0 Å². The van der Waals surface area contributed by atoms with Gasteiger partial charge in [-0.1, -0.05) is 19.1 Å². The van der Waals surface area contributed by atoms with Crippen molar-refractivity contribution in [2.24, 2.45) is 0 Å². The number of nitrogens with two attached hydrogens (primary N) is 1. The second-order valence-corrected chi connectivity index (χ2v) is 4.63. The predicted molar refractivity (Wildman–Crippen MR) is 81.1 cm³/mol. The lowest BCUT2D eigenvalue weighted by Crippen LogP contribution is -1.98. The van der Waals surface area contributed by atoms with Crippen molar-refractivity contribution in [2.75, 3.05) is 17.7 Å².